The van der Waals surface area contributed by atoms with Gasteiger partial charge in [-0.25, -0.2) is 0 Å². The Bertz CT molecular complexity index is 1730. The van der Waals surface area contributed by atoms with Crippen molar-refractivity contribution >= 4 is 23.1 Å². The molecule has 0 radical (unpaired) electrons. The first-order valence-corrected chi connectivity index (χ1v) is 15.0. The lowest BCUT2D eigenvalue weighted by Crippen LogP contribution is -2.42. The summed E-state index contributed by atoms with van der Waals surface area (Å²) in [5.74, 6) is -0.131. The molecule has 6 rings (SSSR count). The number of benzene rings is 5. The van der Waals surface area contributed by atoms with Crippen LogP contribution in [-0.2, 0) is 11.3 Å². The third kappa shape index (κ3) is 6.86. The van der Waals surface area contributed by atoms with Gasteiger partial charge in [-0.2, -0.15) is 0 Å². The van der Waals surface area contributed by atoms with Crippen molar-refractivity contribution in [3.05, 3.63) is 168 Å². The molecule has 0 saturated carbocycles. The fourth-order valence-electron chi connectivity index (χ4n) is 5.74. The smallest absolute Gasteiger partial charge is 0.256 e. The van der Waals surface area contributed by atoms with Gasteiger partial charge in [0.25, 0.3) is 5.91 Å². The summed E-state index contributed by atoms with van der Waals surface area (Å²) in [6.45, 7) is 1.93. The molecule has 5 aromatic carbocycles. The predicted molar refractivity (Wildman–Crippen MR) is 178 cm³/mol. The molecule has 1 aliphatic rings. The third-order valence-electron chi connectivity index (χ3n) is 8.05. The van der Waals surface area contributed by atoms with Crippen LogP contribution in [0.25, 0.3) is 16.7 Å². The maximum atomic E-state index is 13.5. The van der Waals surface area contributed by atoms with E-state index in [1.807, 2.05) is 127 Å². The summed E-state index contributed by atoms with van der Waals surface area (Å²) >= 11 is 0. The van der Waals surface area contributed by atoms with Crippen LogP contribution in [0.15, 0.2) is 146 Å². The van der Waals surface area contributed by atoms with Crippen molar-refractivity contribution < 1.29 is 9.59 Å². The van der Waals surface area contributed by atoms with Gasteiger partial charge in [-0.1, -0.05) is 127 Å². The summed E-state index contributed by atoms with van der Waals surface area (Å²) < 4.78 is 0. The molecular formula is C39H35N3O2. The van der Waals surface area contributed by atoms with Gasteiger partial charge in [-0.3, -0.25) is 14.5 Å². The topological polar surface area (TPSA) is 61.4 Å². The van der Waals surface area contributed by atoms with Gasteiger partial charge in [0.05, 0.1) is 0 Å². The zero-order chi connectivity index (χ0) is 30.1. The number of amides is 2. The van der Waals surface area contributed by atoms with E-state index in [4.69, 9.17) is 0 Å². The van der Waals surface area contributed by atoms with E-state index in [-0.39, 0.29) is 17.9 Å². The number of nitrogens with one attached hydrogen (secondary N) is 2. The number of carbonyl (C=O) groups excluding carboxylic acids is 2. The maximum absolute atomic E-state index is 13.5. The van der Waals surface area contributed by atoms with Gasteiger partial charge in [0.15, 0.2) is 0 Å². The van der Waals surface area contributed by atoms with E-state index in [0.29, 0.717) is 18.7 Å². The van der Waals surface area contributed by atoms with Crippen LogP contribution in [-0.4, -0.2) is 29.8 Å². The van der Waals surface area contributed by atoms with E-state index in [1.54, 1.807) is 0 Å². The highest BCUT2D eigenvalue weighted by atomic mass is 16.2. The second-order valence-electron chi connectivity index (χ2n) is 10.9. The summed E-state index contributed by atoms with van der Waals surface area (Å²) in [6, 6.07) is 45.3. The van der Waals surface area contributed by atoms with E-state index in [2.05, 4.69) is 33.7 Å². The number of hydrogen-bond acceptors (Lipinski definition) is 3. The molecule has 44 heavy (non-hydrogen) atoms. The maximum Gasteiger partial charge on any atom is 0.256 e. The van der Waals surface area contributed by atoms with E-state index in [9.17, 15) is 9.59 Å². The Kier molecular flexibility index (Phi) is 9.05. The largest absolute Gasteiger partial charge is 0.350 e. The molecule has 0 aliphatic carbocycles. The van der Waals surface area contributed by atoms with Crippen molar-refractivity contribution in [1.82, 2.24) is 10.2 Å². The molecule has 5 aromatic rings. The van der Waals surface area contributed by atoms with Crippen LogP contribution in [0.1, 0.15) is 39.5 Å². The van der Waals surface area contributed by atoms with Gasteiger partial charge in [0.1, 0.15) is 6.04 Å². The van der Waals surface area contributed by atoms with E-state index >= 15 is 0 Å². The molecule has 1 aliphatic heterocycles. The monoisotopic (exact) mass is 577 g/mol. The molecule has 2 amide bonds. The molecule has 0 saturated heterocycles. The molecule has 218 valence electrons. The molecule has 1 atom stereocenters. The third-order valence-corrected chi connectivity index (χ3v) is 8.05. The average Bonchev–Trinajstić information content (AvgIpc) is 3.09. The Morgan fingerprint density at radius 2 is 1.32 bits per heavy atom. The molecule has 0 aromatic heterocycles. The summed E-state index contributed by atoms with van der Waals surface area (Å²) in [5.41, 5.74) is 7.73. The Labute approximate surface area is 258 Å². The van der Waals surface area contributed by atoms with Gasteiger partial charge in [0.2, 0.25) is 5.91 Å². The summed E-state index contributed by atoms with van der Waals surface area (Å²) in [7, 11) is 0. The van der Waals surface area contributed by atoms with Gasteiger partial charge in [0, 0.05) is 30.9 Å². The molecule has 0 fully saturated rings. The van der Waals surface area contributed by atoms with Crippen LogP contribution in [0.3, 0.4) is 0 Å². The Morgan fingerprint density at radius 1 is 0.682 bits per heavy atom. The molecule has 1 unspecified atom stereocenters. The van der Waals surface area contributed by atoms with Gasteiger partial charge >= 0.3 is 0 Å². The SMILES string of the molecule is O=C(Nc1ccc(C2=CCN(C(C(=O)NCc3ccccc3)c3ccccc3)CC2)cc1)c1ccccc1-c1ccccc1. The molecule has 0 spiro atoms. The summed E-state index contributed by atoms with van der Waals surface area (Å²) in [6.07, 6.45) is 3.04. The molecule has 0 bridgehead atoms. The molecule has 2 N–H and O–H groups in total. The number of rotatable bonds is 9. The van der Waals surface area contributed by atoms with Crippen LogP contribution in [0.5, 0.6) is 0 Å². The Hall–Kier alpha value is -5.26. The van der Waals surface area contributed by atoms with Crippen LogP contribution in [0.4, 0.5) is 5.69 Å². The number of anilines is 1. The van der Waals surface area contributed by atoms with Gasteiger partial charge in [-0.05, 0) is 58.0 Å². The first-order chi connectivity index (χ1) is 21.7. The zero-order valence-electron chi connectivity index (χ0n) is 24.5. The van der Waals surface area contributed by atoms with Crippen molar-refractivity contribution in [2.75, 3.05) is 18.4 Å². The van der Waals surface area contributed by atoms with Gasteiger partial charge < -0.3 is 10.6 Å². The van der Waals surface area contributed by atoms with Crippen LogP contribution in [0.2, 0.25) is 0 Å². The zero-order valence-corrected chi connectivity index (χ0v) is 24.5. The second-order valence-corrected chi connectivity index (χ2v) is 10.9. The Balaban J connectivity index is 1.12. The summed E-state index contributed by atoms with van der Waals surface area (Å²) in [5, 5.41) is 6.21. The minimum absolute atomic E-state index is 0.00540. The molecule has 5 nitrogen and oxygen atoms in total. The van der Waals surface area contributed by atoms with Crippen LogP contribution >= 0.6 is 0 Å². The first kappa shape index (κ1) is 28.8. The van der Waals surface area contributed by atoms with E-state index < -0.39 is 0 Å². The standard InChI is InChI=1S/C39H35N3O2/c43-38(36-19-11-10-18-35(36)32-14-6-2-7-15-32)41-34-22-20-30(21-23-34)31-24-26-42(27-25-31)37(33-16-8-3-9-17-33)39(44)40-28-29-12-4-1-5-13-29/h1-24,37H,25-28H2,(H,40,44)(H,41,43). The van der Waals surface area contributed by atoms with Crippen molar-refractivity contribution in [3.63, 3.8) is 0 Å². The molecular weight excluding hydrogens is 542 g/mol. The van der Waals surface area contributed by atoms with E-state index in [0.717, 1.165) is 46.5 Å². The van der Waals surface area contributed by atoms with Crippen molar-refractivity contribution in [2.45, 2.75) is 19.0 Å². The van der Waals surface area contributed by atoms with Crippen molar-refractivity contribution in [2.24, 2.45) is 0 Å². The van der Waals surface area contributed by atoms with Crippen molar-refractivity contribution in [1.29, 1.82) is 0 Å². The fraction of sp³-hybridized carbons (Fsp3) is 0.128. The summed E-state index contributed by atoms with van der Waals surface area (Å²) in [4.78, 5) is 29.0. The normalized spacial score (nSPS) is 13.9. The Morgan fingerprint density at radius 3 is 2.00 bits per heavy atom. The van der Waals surface area contributed by atoms with E-state index in [1.165, 1.54) is 5.57 Å². The fourth-order valence-corrected chi connectivity index (χ4v) is 5.74. The first-order valence-electron chi connectivity index (χ1n) is 15.0. The van der Waals surface area contributed by atoms with Gasteiger partial charge in [-0.15, -0.1) is 0 Å². The number of carbonyl (C=O) groups is 2. The highest BCUT2D eigenvalue weighted by Crippen LogP contribution is 2.30. The highest BCUT2D eigenvalue weighted by molar-refractivity contribution is 6.08. The highest BCUT2D eigenvalue weighted by Gasteiger charge is 2.29. The lowest BCUT2D eigenvalue weighted by atomic mass is 9.96. The lowest BCUT2D eigenvalue weighted by Gasteiger charge is -2.33. The van der Waals surface area contributed by atoms with Crippen LogP contribution < -0.4 is 10.6 Å². The predicted octanol–water partition coefficient (Wildman–Crippen LogP) is 7.75. The second kappa shape index (κ2) is 13.8. The number of nitrogens with zero attached hydrogens (tertiary/aromatic N) is 1. The number of hydrogen-bond donors (Lipinski definition) is 2. The minimum atomic E-state index is -0.367. The van der Waals surface area contributed by atoms with Crippen molar-refractivity contribution in [3.8, 4) is 11.1 Å². The molecule has 5 heteroatoms. The minimum Gasteiger partial charge on any atom is -0.350 e. The van der Waals surface area contributed by atoms with Crippen LogP contribution in [0, 0.1) is 0 Å². The molecule has 1 heterocycles. The quantitative estimate of drug-likeness (QED) is 0.188. The lowest BCUT2D eigenvalue weighted by molar-refractivity contribution is -0.126. The average molecular weight is 578 g/mol.